The first-order valence-electron chi connectivity index (χ1n) is 10.9. The molecule has 2 amide bonds. The molecule has 3 aromatic carbocycles. The van der Waals surface area contributed by atoms with E-state index in [-0.39, 0.29) is 28.5 Å². The van der Waals surface area contributed by atoms with Crippen LogP contribution in [0.15, 0.2) is 42.5 Å². The summed E-state index contributed by atoms with van der Waals surface area (Å²) in [4.78, 5) is 24.2. The highest BCUT2D eigenvalue weighted by Crippen LogP contribution is 2.65. The summed E-state index contributed by atoms with van der Waals surface area (Å²) >= 11 is 30.9. The highest BCUT2D eigenvalue weighted by atomic mass is 35.5. The van der Waals surface area contributed by atoms with E-state index in [9.17, 15) is 22.8 Å². The molecule has 200 valence electrons. The van der Waals surface area contributed by atoms with Crippen molar-refractivity contribution in [1.82, 2.24) is 0 Å². The summed E-state index contributed by atoms with van der Waals surface area (Å²) in [5.41, 5.74) is -0.0304. The van der Waals surface area contributed by atoms with Gasteiger partial charge in [0.05, 0.1) is 16.6 Å². The third kappa shape index (κ3) is 5.95. The number of alkyl halides is 2. The lowest BCUT2D eigenvalue weighted by Crippen LogP contribution is -2.17. The molecule has 0 heterocycles. The normalized spacial score (nSPS) is 17.6. The van der Waals surface area contributed by atoms with Crippen molar-refractivity contribution in [2.45, 2.75) is 23.7 Å². The predicted octanol–water partition coefficient (Wildman–Crippen LogP) is 8.16. The van der Waals surface area contributed by atoms with Crippen molar-refractivity contribution in [2.75, 3.05) is 16.0 Å². The van der Waals surface area contributed by atoms with E-state index in [1.54, 1.807) is 12.1 Å². The molecule has 3 aromatic rings. The fourth-order valence-corrected chi connectivity index (χ4v) is 5.61. The highest BCUT2D eigenvalue weighted by Gasteiger charge is 2.67. The Kier molecular flexibility index (Phi) is 8.31. The number of carbonyl (C=O) groups is 2. The van der Waals surface area contributed by atoms with Crippen LogP contribution in [-0.2, 0) is 16.1 Å². The van der Waals surface area contributed by atoms with Crippen LogP contribution in [0.1, 0.15) is 24.0 Å². The number of anilines is 3. The zero-order valence-electron chi connectivity index (χ0n) is 19.2. The maximum Gasteiger partial charge on any atom is 0.231 e. The molecule has 4 rings (SSSR count). The van der Waals surface area contributed by atoms with Gasteiger partial charge in [-0.1, -0.05) is 34.8 Å². The molecule has 13 heteroatoms. The lowest BCUT2D eigenvalue weighted by molar-refractivity contribution is -0.117. The molecule has 0 aromatic heterocycles. The minimum Gasteiger partial charge on any atom is -0.378 e. The van der Waals surface area contributed by atoms with Crippen LogP contribution in [0.2, 0.25) is 15.1 Å². The quantitative estimate of drug-likeness (QED) is 0.232. The van der Waals surface area contributed by atoms with E-state index in [1.165, 1.54) is 12.1 Å². The van der Waals surface area contributed by atoms with Crippen molar-refractivity contribution in [2.24, 2.45) is 5.92 Å². The molecule has 5 nitrogen and oxygen atoms in total. The van der Waals surface area contributed by atoms with Gasteiger partial charge in [0.1, 0.15) is 21.7 Å². The number of halogens is 8. The molecule has 0 spiro atoms. The zero-order valence-corrected chi connectivity index (χ0v) is 23.0. The van der Waals surface area contributed by atoms with E-state index < -0.39 is 51.1 Å². The molecule has 0 bridgehead atoms. The van der Waals surface area contributed by atoms with Gasteiger partial charge in [0.25, 0.3) is 0 Å². The molecule has 1 aliphatic carbocycles. The van der Waals surface area contributed by atoms with Crippen LogP contribution in [-0.4, -0.2) is 16.1 Å². The Bertz CT molecular complexity index is 1430. The Hall–Kier alpha value is -2.36. The fraction of sp³-hybridized carbons (Fsp3) is 0.200. The van der Waals surface area contributed by atoms with Gasteiger partial charge in [-0.15, -0.1) is 23.2 Å². The fourth-order valence-electron chi connectivity index (χ4n) is 4.06. The minimum atomic E-state index is -1.45. The number of carbonyl (C=O) groups excluding carboxylic acids is 2. The van der Waals surface area contributed by atoms with Gasteiger partial charge in [-0.3, -0.25) is 9.59 Å². The number of hydrogen-bond donors (Lipinski definition) is 3. The van der Waals surface area contributed by atoms with E-state index in [0.717, 1.165) is 25.1 Å². The Morgan fingerprint density at radius 3 is 2.21 bits per heavy atom. The Morgan fingerprint density at radius 2 is 1.58 bits per heavy atom. The second-order valence-electron chi connectivity index (χ2n) is 8.57. The molecule has 1 aliphatic rings. The van der Waals surface area contributed by atoms with Crippen LogP contribution < -0.4 is 16.0 Å². The van der Waals surface area contributed by atoms with Crippen LogP contribution in [0.25, 0.3) is 0 Å². The van der Waals surface area contributed by atoms with Gasteiger partial charge in [0.15, 0.2) is 5.82 Å². The number of amides is 2. The summed E-state index contributed by atoms with van der Waals surface area (Å²) in [6.45, 7) is 0.900. The van der Waals surface area contributed by atoms with Gasteiger partial charge in [0, 0.05) is 35.1 Å². The molecule has 1 fully saturated rings. The summed E-state index contributed by atoms with van der Waals surface area (Å²) in [6.07, 6.45) is 0. The average Bonchev–Trinajstić information content (AvgIpc) is 3.40. The number of benzene rings is 3. The Balaban J connectivity index is 1.52. The highest BCUT2D eigenvalue weighted by molar-refractivity contribution is 6.53. The number of hydrogen-bond acceptors (Lipinski definition) is 3. The van der Waals surface area contributed by atoms with Crippen molar-refractivity contribution >= 4 is 86.9 Å². The molecule has 38 heavy (non-hydrogen) atoms. The summed E-state index contributed by atoms with van der Waals surface area (Å²) in [7, 11) is 0. The van der Waals surface area contributed by atoms with Crippen molar-refractivity contribution < 1.29 is 22.8 Å². The molecular formula is C25H17Cl5F3N3O2. The zero-order chi connectivity index (χ0) is 27.9. The summed E-state index contributed by atoms with van der Waals surface area (Å²) in [5.74, 6) is -5.62. The molecule has 0 saturated heterocycles. The van der Waals surface area contributed by atoms with Gasteiger partial charge in [-0.2, -0.15) is 0 Å². The van der Waals surface area contributed by atoms with E-state index in [1.807, 2.05) is 0 Å². The van der Waals surface area contributed by atoms with Gasteiger partial charge in [-0.05, 0) is 53.6 Å². The van der Waals surface area contributed by atoms with E-state index >= 15 is 0 Å². The van der Waals surface area contributed by atoms with Crippen LogP contribution in [0.4, 0.5) is 30.2 Å². The average molecular weight is 626 g/mol. The summed E-state index contributed by atoms with van der Waals surface area (Å²) in [6, 6.07) is 9.18. The van der Waals surface area contributed by atoms with E-state index in [0.29, 0.717) is 15.6 Å². The largest absolute Gasteiger partial charge is 0.378 e. The number of nitrogens with one attached hydrogen (secondary N) is 3. The van der Waals surface area contributed by atoms with Gasteiger partial charge < -0.3 is 16.0 Å². The molecule has 2 atom stereocenters. The van der Waals surface area contributed by atoms with Crippen LogP contribution >= 0.6 is 58.0 Å². The predicted molar refractivity (Wildman–Crippen MR) is 145 cm³/mol. The van der Waals surface area contributed by atoms with Crippen LogP contribution in [0.5, 0.6) is 0 Å². The van der Waals surface area contributed by atoms with Gasteiger partial charge in [-0.25, -0.2) is 13.2 Å². The molecule has 1 saturated carbocycles. The SMILES string of the molecule is CC(=O)Nc1c(F)ccc(NCc2cc(NC(=O)[C@H]3[C@H](c4cc(Cl)cc(Cl)c4)C3(Cl)Cl)cc(F)c2Cl)c1F. The topological polar surface area (TPSA) is 70.2 Å². The van der Waals surface area contributed by atoms with E-state index in [4.69, 9.17) is 58.0 Å². The monoisotopic (exact) mass is 623 g/mol. The van der Waals surface area contributed by atoms with Crippen molar-refractivity contribution in [3.05, 3.63) is 86.1 Å². The summed E-state index contributed by atoms with van der Waals surface area (Å²) < 4.78 is 41.8. The molecule has 3 N–H and O–H groups in total. The third-order valence-electron chi connectivity index (χ3n) is 5.81. The molecular weight excluding hydrogens is 609 g/mol. The lowest BCUT2D eigenvalue weighted by atomic mass is 10.1. The molecule has 0 aliphatic heterocycles. The van der Waals surface area contributed by atoms with Crippen molar-refractivity contribution in [3.63, 3.8) is 0 Å². The standard InChI is InChI=1S/C25H17Cl5F3N3O2/c1-10(37)35-23-16(31)2-3-18(22(23)33)34-9-12-6-15(8-17(32)21(12)28)36-24(38)20-19(25(20,29)30)11-4-13(26)7-14(27)5-11/h2-8,19-20,34H,9H2,1H3,(H,35,37)(H,36,38)/t19-,20+/m0/s1. The van der Waals surface area contributed by atoms with Crippen molar-refractivity contribution in [1.29, 1.82) is 0 Å². The maximum absolute atomic E-state index is 14.7. The second kappa shape index (κ2) is 11.0. The second-order valence-corrected chi connectivity index (χ2v) is 11.3. The first-order valence-corrected chi connectivity index (χ1v) is 12.8. The van der Waals surface area contributed by atoms with Gasteiger partial charge in [0.2, 0.25) is 11.8 Å². The summed E-state index contributed by atoms with van der Waals surface area (Å²) in [5, 5.41) is 7.75. The van der Waals surface area contributed by atoms with Crippen molar-refractivity contribution in [3.8, 4) is 0 Å². The molecule has 0 radical (unpaired) electrons. The molecule has 0 unspecified atom stereocenters. The lowest BCUT2D eigenvalue weighted by Gasteiger charge is -2.14. The van der Waals surface area contributed by atoms with Gasteiger partial charge >= 0.3 is 0 Å². The first kappa shape index (κ1) is 28.6. The maximum atomic E-state index is 14.7. The minimum absolute atomic E-state index is 0.0473. The van der Waals surface area contributed by atoms with E-state index in [2.05, 4.69) is 16.0 Å². The Labute approximate surface area is 240 Å². The van der Waals surface area contributed by atoms with Crippen LogP contribution in [0, 0.1) is 23.4 Å². The first-order chi connectivity index (χ1) is 17.8. The smallest absolute Gasteiger partial charge is 0.231 e. The Morgan fingerprint density at radius 1 is 0.921 bits per heavy atom. The number of rotatable bonds is 7. The van der Waals surface area contributed by atoms with Crippen LogP contribution in [0.3, 0.4) is 0 Å². The third-order valence-corrected chi connectivity index (χ3v) is 7.61.